The molecule has 2 rings (SSSR count). The first-order valence-electron chi connectivity index (χ1n) is 6.57. The Balaban J connectivity index is 1.77. The van der Waals surface area contributed by atoms with Gasteiger partial charge in [-0.15, -0.1) is 0 Å². The SMILES string of the molecule is O=C(NCc1ccccc1F)NC1CCC(C(=O)O)C1. The second kappa shape index (κ2) is 6.36. The molecule has 0 saturated heterocycles. The van der Waals surface area contributed by atoms with Crippen LogP contribution >= 0.6 is 0 Å². The maximum absolute atomic E-state index is 13.3. The van der Waals surface area contributed by atoms with Gasteiger partial charge < -0.3 is 15.7 Å². The molecule has 1 aromatic rings. The quantitative estimate of drug-likeness (QED) is 0.788. The van der Waals surface area contributed by atoms with Gasteiger partial charge >= 0.3 is 12.0 Å². The minimum atomic E-state index is -0.818. The van der Waals surface area contributed by atoms with E-state index in [-0.39, 0.29) is 24.3 Å². The zero-order valence-electron chi connectivity index (χ0n) is 10.9. The number of carboxylic acids is 1. The highest BCUT2D eigenvalue weighted by molar-refractivity contribution is 5.75. The van der Waals surface area contributed by atoms with E-state index in [9.17, 15) is 14.0 Å². The summed E-state index contributed by atoms with van der Waals surface area (Å²) in [6.07, 6.45) is 1.68. The number of carboxylic acid groups (broad SMARTS) is 1. The van der Waals surface area contributed by atoms with Gasteiger partial charge in [-0.25, -0.2) is 9.18 Å². The maximum atomic E-state index is 13.3. The molecule has 20 heavy (non-hydrogen) atoms. The standard InChI is InChI=1S/C14H17FN2O3/c15-12-4-2-1-3-10(12)8-16-14(20)17-11-6-5-9(7-11)13(18)19/h1-4,9,11H,5-8H2,(H,18,19)(H2,16,17,20). The molecule has 2 atom stereocenters. The van der Waals surface area contributed by atoms with Crippen molar-refractivity contribution in [3.05, 3.63) is 35.6 Å². The van der Waals surface area contributed by atoms with Gasteiger partial charge in [0.25, 0.3) is 0 Å². The molecule has 1 aliphatic rings. The van der Waals surface area contributed by atoms with Crippen LogP contribution in [0.25, 0.3) is 0 Å². The van der Waals surface area contributed by atoms with Gasteiger partial charge in [0, 0.05) is 18.2 Å². The lowest BCUT2D eigenvalue weighted by Crippen LogP contribution is -2.41. The second-order valence-corrected chi connectivity index (χ2v) is 4.96. The Hall–Kier alpha value is -2.11. The number of hydrogen-bond acceptors (Lipinski definition) is 2. The molecule has 0 heterocycles. The Labute approximate surface area is 116 Å². The number of carbonyl (C=O) groups excluding carboxylic acids is 1. The molecule has 1 aromatic carbocycles. The first-order chi connectivity index (χ1) is 9.56. The fourth-order valence-electron chi connectivity index (χ4n) is 2.39. The number of nitrogens with one attached hydrogen (secondary N) is 2. The average molecular weight is 280 g/mol. The summed E-state index contributed by atoms with van der Waals surface area (Å²) in [6, 6.07) is 5.70. The van der Waals surface area contributed by atoms with Crippen molar-refractivity contribution in [2.45, 2.75) is 31.8 Å². The van der Waals surface area contributed by atoms with Crippen LogP contribution in [0.1, 0.15) is 24.8 Å². The Morgan fingerprint density at radius 1 is 1.30 bits per heavy atom. The molecule has 1 aliphatic carbocycles. The number of rotatable bonds is 4. The average Bonchev–Trinajstić information content (AvgIpc) is 2.86. The molecule has 1 fully saturated rings. The number of benzene rings is 1. The number of hydrogen-bond donors (Lipinski definition) is 3. The fraction of sp³-hybridized carbons (Fsp3) is 0.429. The van der Waals surface area contributed by atoms with Gasteiger partial charge in [-0.05, 0) is 25.3 Å². The van der Waals surface area contributed by atoms with E-state index in [0.29, 0.717) is 24.8 Å². The predicted octanol–water partition coefficient (Wildman–Crippen LogP) is 1.88. The van der Waals surface area contributed by atoms with Gasteiger partial charge in [0.05, 0.1) is 5.92 Å². The molecule has 108 valence electrons. The third-order valence-electron chi connectivity index (χ3n) is 3.51. The van der Waals surface area contributed by atoms with Crippen molar-refractivity contribution < 1.29 is 19.1 Å². The van der Waals surface area contributed by atoms with Crippen molar-refractivity contribution in [3.63, 3.8) is 0 Å². The number of urea groups is 1. The van der Waals surface area contributed by atoms with Crippen molar-refractivity contribution in [2.75, 3.05) is 0 Å². The van der Waals surface area contributed by atoms with E-state index < -0.39 is 12.0 Å². The van der Waals surface area contributed by atoms with E-state index in [1.807, 2.05) is 0 Å². The molecule has 3 N–H and O–H groups in total. The first-order valence-corrected chi connectivity index (χ1v) is 6.57. The molecule has 0 aliphatic heterocycles. The molecular weight excluding hydrogens is 263 g/mol. The van der Waals surface area contributed by atoms with E-state index in [1.54, 1.807) is 18.2 Å². The van der Waals surface area contributed by atoms with Gasteiger partial charge in [-0.1, -0.05) is 18.2 Å². The van der Waals surface area contributed by atoms with Gasteiger partial charge in [-0.2, -0.15) is 0 Å². The lowest BCUT2D eigenvalue weighted by molar-refractivity contribution is -0.141. The van der Waals surface area contributed by atoms with Crippen LogP contribution in [0.2, 0.25) is 0 Å². The second-order valence-electron chi connectivity index (χ2n) is 4.96. The summed E-state index contributed by atoms with van der Waals surface area (Å²) in [4.78, 5) is 22.5. The molecule has 0 bridgehead atoms. The molecular formula is C14H17FN2O3. The zero-order valence-corrected chi connectivity index (χ0v) is 10.9. The number of carbonyl (C=O) groups is 2. The number of amides is 2. The smallest absolute Gasteiger partial charge is 0.315 e. The number of aliphatic carboxylic acids is 1. The molecule has 0 spiro atoms. The third-order valence-corrected chi connectivity index (χ3v) is 3.51. The van der Waals surface area contributed by atoms with Crippen LogP contribution < -0.4 is 10.6 Å². The van der Waals surface area contributed by atoms with E-state index in [2.05, 4.69) is 10.6 Å². The summed E-state index contributed by atoms with van der Waals surface area (Å²) in [5, 5.41) is 14.2. The summed E-state index contributed by atoms with van der Waals surface area (Å²) in [7, 11) is 0. The minimum absolute atomic E-state index is 0.105. The van der Waals surface area contributed by atoms with Crippen molar-refractivity contribution >= 4 is 12.0 Å². The molecule has 0 aromatic heterocycles. The largest absolute Gasteiger partial charge is 0.481 e. The Morgan fingerprint density at radius 3 is 2.70 bits per heavy atom. The summed E-state index contributed by atoms with van der Waals surface area (Å²) in [5.41, 5.74) is 0.414. The first kappa shape index (κ1) is 14.3. The van der Waals surface area contributed by atoms with Crippen LogP contribution in [-0.4, -0.2) is 23.1 Å². The highest BCUT2D eigenvalue weighted by Crippen LogP contribution is 2.25. The molecule has 5 nitrogen and oxygen atoms in total. The summed E-state index contributed by atoms with van der Waals surface area (Å²) in [6.45, 7) is 0.105. The summed E-state index contributed by atoms with van der Waals surface area (Å²) >= 11 is 0. The van der Waals surface area contributed by atoms with Gasteiger partial charge in [0.1, 0.15) is 5.82 Å². The van der Waals surface area contributed by atoms with E-state index in [1.165, 1.54) is 6.07 Å². The van der Waals surface area contributed by atoms with Crippen LogP contribution in [0.4, 0.5) is 9.18 Å². The predicted molar refractivity (Wildman–Crippen MR) is 70.5 cm³/mol. The Morgan fingerprint density at radius 2 is 2.05 bits per heavy atom. The van der Waals surface area contributed by atoms with Crippen molar-refractivity contribution in [3.8, 4) is 0 Å². The van der Waals surface area contributed by atoms with Crippen molar-refractivity contribution in [2.24, 2.45) is 5.92 Å². The maximum Gasteiger partial charge on any atom is 0.315 e. The third kappa shape index (κ3) is 3.69. The van der Waals surface area contributed by atoms with Crippen LogP contribution in [0.15, 0.2) is 24.3 Å². The van der Waals surface area contributed by atoms with Crippen LogP contribution in [-0.2, 0) is 11.3 Å². The lowest BCUT2D eigenvalue weighted by atomic mass is 10.1. The minimum Gasteiger partial charge on any atom is -0.481 e. The van der Waals surface area contributed by atoms with Crippen LogP contribution in [0.5, 0.6) is 0 Å². The topological polar surface area (TPSA) is 78.4 Å². The van der Waals surface area contributed by atoms with Crippen LogP contribution in [0.3, 0.4) is 0 Å². The monoisotopic (exact) mass is 280 g/mol. The molecule has 0 radical (unpaired) electrons. The lowest BCUT2D eigenvalue weighted by Gasteiger charge is -2.13. The van der Waals surface area contributed by atoms with Gasteiger partial charge in [0.15, 0.2) is 0 Å². The van der Waals surface area contributed by atoms with Crippen molar-refractivity contribution in [1.82, 2.24) is 10.6 Å². The normalized spacial score (nSPS) is 21.4. The van der Waals surface area contributed by atoms with Crippen LogP contribution in [0, 0.1) is 11.7 Å². The molecule has 6 heteroatoms. The van der Waals surface area contributed by atoms with E-state index in [4.69, 9.17) is 5.11 Å². The molecule has 2 unspecified atom stereocenters. The summed E-state index contributed by atoms with van der Waals surface area (Å²) < 4.78 is 13.3. The molecule has 1 saturated carbocycles. The summed E-state index contributed by atoms with van der Waals surface area (Å²) in [5.74, 6) is -1.56. The molecule has 2 amide bonds. The number of halogens is 1. The van der Waals surface area contributed by atoms with Gasteiger partial charge in [-0.3, -0.25) is 4.79 Å². The highest BCUT2D eigenvalue weighted by Gasteiger charge is 2.30. The van der Waals surface area contributed by atoms with Crippen molar-refractivity contribution in [1.29, 1.82) is 0 Å². The van der Waals surface area contributed by atoms with Gasteiger partial charge in [0.2, 0.25) is 0 Å². The zero-order chi connectivity index (χ0) is 14.5. The van der Waals surface area contributed by atoms with E-state index in [0.717, 1.165) is 0 Å². The fourth-order valence-corrected chi connectivity index (χ4v) is 2.39. The van der Waals surface area contributed by atoms with E-state index >= 15 is 0 Å². The Bertz CT molecular complexity index is 507. The Kier molecular flexibility index (Phi) is 4.55. The highest BCUT2D eigenvalue weighted by atomic mass is 19.1.